The van der Waals surface area contributed by atoms with Crippen molar-refractivity contribution in [2.75, 3.05) is 19.6 Å². The number of hydrogen-bond acceptors (Lipinski definition) is 2. The van der Waals surface area contributed by atoms with E-state index in [1.165, 1.54) is 51.6 Å². The highest BCUT2D eigenvalue weighted by atomic mass is 15.2. The van der Waals surface area contributed by atoms with E-state index in [-0.39, 0.29) is 5.54 Å². The molecule has 1 saturated heterocycles. The van der Waals surface area contributed by atoms with Crippen LogP contribution in [0, 0.1) is 11.3 Å². The number of nitrogens with zero attached hydrogens (tertiary/aromatic N) is 1. The minimum absolute atomic E-state index is 0.209. The first-order valence-corrected chi connectivity index (χ1v) is 7.48. The molecule has 1 heterocycles. The van der Waals surface area contributed by atoms with Crippen molar-refractivity contribution in [3.05, 3.63) is 0 Å². The molecule has 17 heavy (non-hydrogen) atoms. The summed E-state index contributed by atoms with van der Waals surface area (Å²) in [6.45, 7) is 10.3. The molecule has 2 fully saturated rings. The largest absolute Gasteiger partial charge is 0.329 e. The summed E-state index contributed by atoms with van der Waals surface area (Å²) in [5.41, 5.74) is 6.98. The van der Waals surface area contributed by atoms with Crippen LogP contribution in [0.2, 0.25) is 0 Å². The Morgan fingerprint density at radius 3 is 2.06 bits per heavy atom. The lowest BCUT2D eigenvalue weighted by Crippen LogP contribution is -2.58. The van der Waals surface area contributed by atoms with E-state index in [2.05, 4.69) is 25.7 Å². The third-order valence-electron chi connectivity index (χ3n) is 5.87. The average Bonchev–Trinajstić information content (AvgIpc) is 2.77. The topological polar surface area (TPSA) is 29.3 Å². The maximum Gasteiger partial charge on any atom is 0.0326 e. The maximum atomic E-state index is 6.04. The Hall–Kier alpha value is -0.0800. The molecule has 1 unspecified atom stereocenters. The molecule has 1 aliphatic carbocycles. The fourth-order valence-electron chi connectivity index (χ4n) is 3.85. The Bertz CT molecular complexity index is 246. The summed E-state index contributed by atoms with van der Waals surface area (Å²) >= 11 is 0. The molecule has 0 bridgehead atoms. The van der Waals surface area contributed by atoms with Gasteiger partial charge in [0.15, 0.2) is 0 Å². The summed E-state index contributed by atoms with van der Waals surface area (Å²) < 4.78 is 0. The molecule has 2 heteroatoms. The van der Waals surface area contributed by atoms with E-state index in [1.54, 1.807) is 0 Å². The van der Waals surface area contributed by atoms with Gasteiger partial charge in [-0.05, 0) is 57.0 Å². The molecule has 0 aromatic carbocycles. The van der Waals surface area contributed by atoms with Crippen LogP contribution in [0.25, 0.3) is 0 Å². The maximum absolute atomic E-state index is 6.04. The van der Waals surface area contributed by atoms with Crippen molar-refractivity contribution in [3.63, 3.8) is 0 Å². The summed E-state index contributed by atoms with van der Waals surface area (Å²) in [6, 6.07) is 0. The number of likely N-dealkylation sites (tertiary alicyclic amines) is 1. The van der Waals surface area contributed by atoms with Gasteiger partial charge in [0.25, 0.3) is 0 Å². The minimum Gasteiger partial charge on any atom is -0.329 e. The van der Waals surface area contributed by atoms with Gasteiger partial charge in [0.2, 0.25) is 0 Å². The zero-order chi connectivity index (χ0) is 12.5. The van der Waals surface area contributed by atoms with Crippen LogP contribution < -0.4 is 5.73 Å². The summed E-state index contributed by atoms with van der Waals surface area (Å²) in [6.07, 6.45) is 8.74. The number of piperidine rings is 1. The van der Waals surface area contributed by atoms with Gasteiger partial charge in [-0.3, -0.25) is 4.90 Å². The van der Waals surface area contributed by atoms with Gasteiger partial charge in [0.1, 0.15) is 0 Å². The van der Waals surface area contributed by atoms with Crippen LogP contribution in [0.15, 0.2) is 0 Å². The van der Waals surface area contributed by atoms with Crippen molar-refractivity contribution in [2.24, 2.45) is 17.1 Å². The van der Waals surface area contributed by atoms with E-state index < -0.39 is 0 Å². The fraction of sp³-hybridized carbons (Fsp3) is 1.00. The summed E-state index contributed by atoms with van der Waals surface area (Å²) in [5.74, 6) is 0.644. The third-order valence-corrected chi connectivity index (χ3v) is 5.87. The second kappa shape index (κ2) is 4.89. The van der Waals surface area contributed by atoms with Crippen molar-refractivity contribution >= 4 is 0 Å². The highest BCUT2D eigenvalue weighted by Crippen LogP contribution is 2.47. The Morgan fingerprint density at radius 1 is 1.12 bits per heavy atom. The monoisotopic (exact) mass is 238 g/mol. The quantitative estimate of drug-likeness (QED) is 0.819. The van der Waals surface area contributed by atoms with E-state index in [4.69, 9.17) is 5.73 Å². The van der Waals surface area contributed by atoms with Crippen molar-refractivity contribution < 1.29 is 0 Å². The van der Waals surface area contributed by atoms with Gasteiger partial charge < -0.3 is 5.73 Å². The predicted octanol–water partition coefficient (Wildman–Crippen LogP) is 3.02. The van der Waals surface area contributed by atoms with Crippen molar-refractivity contribution in [1.82, 2.24) is 4.90 Å². The van der Waals surface area contributed by atoms with E-state index in [0.29, 0.717) is 5.92 Å². The van der Waals surface area contributed by atoms with Gasteiger partial charge >= 0.3 is 0 Å². The highest BCUT2D eigenvalue weighted by molar-refractivity contribution is 4.97. The number of rotatable bonds is 3. The predicted molar refractivity (Wildman–Crippen MR) is 74.0 cm³/mol. The van der Waals surface area contributed by atoms with Gasteiger partial charge in [0, 0.05) is 12.1 Å². The zero-order valence-electron chi connectivity index (χ0n) is 12.0. The zero-order valence-corrected chi connectivity index (χ0v) is 12.0. The summed E-state index contributed by atoms with van der Waals surface area (Å²) in [5, 5.41) is 0. The Kier molecular flexibility index (Phi) is 3.84. The SMILES string of the molecule is CC(C)C(C)(CN)N1CCC2(CCCC2)CC1. The van der Waals surface area contributed by atoms with Crippen LogP contribution in [-0.4, -0.2) is 30.1 Å². The lowest BCUT2D eigenvalue weighted by molar-refractivity contribution is 0.00672. The van der Waals surface area contributed by atoms with Crippen LogP contribution >= 0.6 is 0 Å². The summed E-state index contributed by atoms with van der Waals surface area (Å²) in [4.78, 5) is 2.67. The Balaban J connectivity index is 1.98. The molecule has 1 aliphatic heterocycles. The first-order chi connectivity index (χ1) is 8.02. The molecule has 100 valence electrons. The molecule has 2 aliphatic rings. The van der Waals surface area contributed by atoms with Crippen LogP contribution in [0.5, 0.6) is 0 Å². The van der Waals surface area contributed by atoms with Crippen molar-refractivity contribution in [3.8, 4) is 0 Å². The molecule has 0 radical (unpaired) electrons. The standard InChI is InChI=1S/C15H30N2/c1-13(2)14(3,12-16)17-10-8-15(9-11-17)6-4-5-7-15/h13H,4-12,16H2,1-3H3. The summed E-state index contributed by atoms with van der Waals surface area (Å²) in [7, 11) is 0. The van der Waals surface area contributed by atoms with Crippen LogP contribution in [0.3, 0.4) is 0 Å². The number of hydrogen-bond donors (Lipinski definition) is 1. The third kappa shape index (κ3) is 2.39. The van der Waals surface area contributed by atoms with Crippen LogP contribution in [0.1, 0.15) is 59.3 Å². The van der Waals surface area contributed by atoms with Crippen LogP contribution in [0.4, 0.5) is 0 Å². The molecular formula is C15H30N2. The number of nitrogens with two attached hydrogens (primary N) is 1. The normalized spacial score (nSPS) is 28.8. The first kappa shape index (κ1) is 13.4. The lowest BCUT2D eigenvalue weighted by Gasteiger charge is -2.49. The molecule has 0 aromatic rings. The smallest absolute Gasteiger partial charge is 0.0326 e. The second-order valence-corrected chi connectivity index (χ2v) is 6.91. The molecule has 1 spiro atoms. The van der Waals surface area contributed by atoms with Crippen molar-refractivity contribution in [1.29, 1.82) is 0 Å². The van der Waals surface area contributed by atoms with Crippen molar-refractivity contribution in [2.45, 2.75) is 64.8 Å². The molecule has 1 saturated carbocycles. The van der Waals surface area contributed by atoms with Crippen LogP contribution in [-0.2, 0) is 0 Å². The van der Waals surface area contributed by atoms with E-state index in [9.17, 15) is 0 Å². The van der Waals surface area contributed by atoms with Gasteiger partial charge in [0.05, 0.1) is 0 Å². The van der Waals surface area contributed by atoms with E-state index in [1.807, 2.05) is 0 Å². The first-order valence-electron chi connectivity index (χ1n) is 7.48. The molecule has 2 N–H and O–H groups in total. The molecule has 1 atom stereocenters. The van der Waals surface area contributed by atoms with E-state index in [0.717, 1.165) is 12.0 Å². The molecule has 0 aromatic heterocycles. The molecular weight excluding hydrogens is 208 g/mol. The Morgan fingerprint density at radius 2 is 1.65 bits per heavy atom. The second-order valence-electron chi connectivity index (χ2n) is 6.91. The molecule has 2 nitrogen and oxygen atoms in total. The average molecular weight is 238 g/mol. The minimum atomic E-state index is 0.209. The molecule has 2 rings (SSSR count). The van der Waals surface area contributed by atoms with Gasteiger partial charge in [-0.15, -0.1) is 0 Å². The van der Waals surface area contributed by atoms with Gasteiger partial charge in [-0.1, -0.05) is 26.7 Å². The van der Waals surface area contributed by atoms with Gasteiger partial charge in [-0.2, -0.15) is 0 Å². The van der Waals surface area contributed by atoms with Gasteiger partial charge in [-0.25, -0.2) is 0 Å². The highest BCUT2D eigenvalue weighted by Gasteiger charge is 2.42. The molecule has 0 amide bonds. The Labute approximate surface area is 107 Å². The fourth-order valence-corrected chi connectivity index (χ4v) is 3.85. The van der Waals surface area contributed by atoms with E-state index >= 15 is 0 Å². The lowest BCUT2D eigenvalue weighted by atomic mass is 9.75.